The molecule has 1 heterocycles. The Bertz CT molecular complexity index is 776. The third-order valence-corrected chi connectivity index (χ3v) is 5.60. The minimum absolute atomic E-state index is 0.0495. The molecule has 1 aromatic carbocycles. The van der Waals surface area contributed by atoms with Crippen molar-refractivity contribution in [1.29, 1.82) is 0 Å². The topological polar surface area (TPSA) is 37.0 Å². The number of nitrogens with zero attached hydrogens (tertiary/aromatic N) is 1. The predicted molar refractivity (Wildman–Crippen MR) is 110 cm³/mol. The molecule has 25 heavy (non-hydrogen) atoms. The van der Waals surface area contributed by atoms with Gasteiger partial charge in [0.2, 0.25) is 0 Å². The van der Waals surface area contributed by atoms with Crippen LogP contribution in [-0.4, -0.2) is 16.6 Å². The Kier molecular flexibility index (Phi) is 6.05. The molecule has 1 aliphatic rings. The van der Waals surface area contributed by atoms with Gasteiger partial charge in [0.05, 0.1) is 10.0 Å². The van der Waals surface area contributed by atoms with Crippen LogP contribution in [0.15, 0.2) is 36.5 Å². The lowest BCUT2D eigenvalue weighted by molar-refractivity contribution is 0.435. The van der Waals surface area contributed by atoms with Crippen molar-refractivity contribution in [2.75, 3.05) is 11.9 Å². The number of aromatic nitrogens is 1. The molecule has 7 heteroatoms. The van der Waals surface area contributed by atoms with E-state index in [0.29, 0.717) is 21.0 Å². The summed E-state index contributed by atoms with van der Waals surface area (Å²) in [5.74, 6) is 0.492. The van der Waals surface area contributed by atoms with Gasteiger partial charge in [0.1, 0.15) is 0 Å². The van der Waals surface area contributed by atoms with Crippen molar-refractivity contribution in [2.24, 2.45) is 0 Å². The minimum atomic E-state index is 0.0495. The molecule has 132 valence electrons. The van der Waals surface area contributed by atoms with Crippen LogP contribution in [0.25, 0.3) is 0 Å². The first kappa shape index (κ1) is 18.7. The van der Waals surface area contributed by atoms with E-state index in [0.717, 1.165) is 24.4 Å². The molecule has 0 spiro atoms. The van der Waals surface area contributed by atoms with Crippen molar-refractivity contribution in [3.63, 3.8) is 0 Å². The Labute approximate surface area is 168 Å². The summed E-state index contributed by atoms with van der Waals surface area (Å²) in [7, 11) is 0. The molecule has 0 bridgehead atoms. The summed E-state index contributed by atoms with van der Waals surface area (Å²) in [6, 6.07) is 9.74. The van der Waals surface area contributed by atoms with E-state index in [4.69, 9.17) is 47.0 Å². The molecule has 1 fully saturated rings. The second-order valence-electron chi connectivity index (χ2n) is 6.29. The molecule has 2 aromatic rings. The van der Waals surface area contributed by atoms with Gasteiger partial charge in [0.15, 0.2) is 10.9 Å². The molecule has 0 atom stereocenters. The zero-order valence-electron chi connectivity index (χ0n) is 13.5. The highest BCUT2D eigenvalue weighted by Gasteiger charge is 2.35. The Morgan fingerprint density at radius 2 is 1.88 bits per heavy atom. The second kappa shape index (κ2) is 8.09. The molecule has 1 aliphatic carbocycles. The van der Waals surface area contributed by atoms with Crippen LogP contribution < -0.4 is 10.6 Å². The van der Waals surface area contributed by atoms with Gasteiger partial charge >= 0.3 is 0 Å². The second-order valence-corrected chi connectivity index (χ2v) is 7.98. The summed E-state index contributed by atoms with van der Waals surface area (Å²) in [6.45, 7) is 0.740. The van der Waals surface area contributed by atoms with Crippen molar-refractivity contribution in [1.82, 2.24) is 10.3 Å². The number of benzene rings is 1. The average Bonchev–Trinajstić information content (AvgIpc) is 3.06. The number of hydrogen-bond acceptors (Lipinski definition) is 2. The minimum Gasteiger partial charge on any atom is -0.362 e. The number of thiocarbonyl (C=S) groups is 1. The zero-order chi connectivity index (χ0) is 17.9. The van der Waals surface area contributed by atoms with Crippen molar-refractivity contribution in [3.05, 3.63) is 57.2 Å². The Morgan fingerprint density at radius 1 is 1.12 bits per heavy atom. The maximum atomic E-state index is 6.19. The predicted octanol–water partition coefficient (Wildman–Crippen LogP) is 5.84. The van der Waals surface area contributed by atoms with Gasteiger partial charge in [-0.25, -0.2) is 4.98 Å². The third kappa shape index (κ3) is 4.56. The van der Waals surface area contributed by atoms with E-state index >= 15 is 0 Å². The first-order valence-corrected chi connectivity index (χ1v) is 9.65. The van der Waals surface area contributed by atoms with Crippen LogP contribution in [0.4, 0.5) is 5.82 Å². The largest absolute Gasteiger partial charge is 0.362 e. The first-order valence-electron chi connectivity index (χ1n) is 8.10. The van der Waals surface area contributed by atoms with Gasteiger partial charge in [-0.1, -0.05) is 59.8 Å². The molecule has 0 unspecified atom stereocenters. The van der Waals surface area contributed by atoms with Crippen LogP contribution in [0, 0.1) is 0 Å². The number of halogens is 3. The van der Waals surface area contributed by atoms with Crippen LogP contribution >= 0.6 is 47.0 Å². The molecular formula is C18H18Cl3N3S. The molecule has 3 rings (SSSR count). The lowest BCUT2D eigenvalue weighted by atomic mass is 9.79. The van der Waals surface area contributed by atoms with E-state index in [9.17, 15) is 0 Å². The number of hydrogen-bond donors (Lipinski definition) is 2. The smallest absolute Gasteiger partial charge is 0.172 e. The highest BCUT2D eigenvalue weighted by Crippen LogP contribution is 2.41. The third-order valence-electron chi connectivity index (χ3n) is 4.62. The highest BCUT2D eigenvalue weighted by atomic mass is 35.5. The summed E-state index contributed by atoms with van der Waals surface area (Å²) in [5.41, 5.74) is 1.31. The lowest BCUT2D eigenvalue weighted by Crippen LogP contribution is -2.40. The molecule has 0 aliphatic heterocycles. The van der Waals surface area contributed by atoms with Gasteiger partial charge in [0, 0.05) is 23.2 Å². The Hall–Kier alpha value is -1.07. The Balaban J connectivity index is 1.68. The molecule has 0 radical (unpaired) electrons. The van der Waals surface area contributed by atoms with Gasteiger partial charge in [-0.2, -0.15) is 0 Å². The van der Waals surface area contributed by atoms with E-state index in [2.05, 4.69) is 27.8 Å². The summed E-state index contributed by atoms with van der Waals surface area (Å²) < 4.78 is 0. The maximum absolute atomic E-state index is 6.19. The summed E-state index contributed by atoms with van der Waals surface area (Å²) in [6.07, 6.45) is 6.17. The number of nitrogens with one attached hydrogen (secondary N) is 2. The van der Waals surface area contributed by atoms with Gasteiger partial charge in [-0.05, 0) is 48.8 Å². The van der Waals surface area contributed by atoms with Crippen molar-refractivity contribution < 1.29 is 0 Å². The van der Waals surface area contributed by atoms with Crippen molar-refractivity contribution in [3.8, 4) is 0 Å². The van der Waals surface area contributed by atoms with Gasteiger partial charge in [-0.3, -0.25) is 0 Å². The van der Waals surface area contributed by atoms with Crippen molar-refractivity contribution >= 4 is 58.0 Å². The van der Waals surface area contributed by atoms with E-state index < -0.39 is 0 Å². The molecular weight excluding hydrogens is 397 g/mol. The summed E-state index contributed by atoms with van der Waals surface area (Å²) in [5, 5.41) is 8.53. The van der Waals surface area contributed by atoms with Crippen LogP contribution in [0.3, 0.4) is 0 Å². The Morgan fingerprint density at radius 3 is 2.56 bits per heavy atom. The quantitative estimate of drug-likeness (QED) is 0.616. The molecule has 0 amide bonds. The fourth-order valence-corrected chi connectivity index (χ4v) is 4.13. The summed E-state index contributed by atoms with van der Waals surface area (Å²) >= 11 is 23.6. The number of pyridine rings is 1. The monoisotopic (exact) mass is 413 g/mol. The van der Waals surface area contributed by atoms with Gasteiger partial charge in [-0.15, -0.1) is 0 Å². The summed E-state index contributed by atoms with van der Waals surface area (Å²) in [4.78, 5) is 4.16. The van der Waals surface area contributed by atoms with Crippen molar-refractivity contribution in [2.45, 2.75) is 31.1 Å². The van der Waals surface area contributed by atoms with E-state index in [-0.39, 0.29) is 5.41 Å². The van der Waals surface area contributed by atoms with Crippen LogP contribution in [0.5, 0.6) is 0 Å². The molecule has 2 N–H and O–H groups in total. The molecule has 1 saturated carbocycles. The fourth-order valence-electron chi connectivity index (χ4n) is 3.35. The van der Waals surface area contributed by atoms with E-state index in [1.807, 2.05) is 12.1 Å². The SMILES string of the molecule is S=C(NCC1(c2cccc(Cl)c2)CCCC1)Nc1ncc(Cl)cc1Cl. The van der Waals surface area contributed by atoms with E-state index in [1.165, 1.54) is 24.6 Å². The van der Waals surface area contributed by atoms with Crippen LogP contribution in [0.2, 0.25) is 15.1 Å². The average molecular weight is 415 g/mol. The maximum Gasteiger partial charge on any atom is 0.172 e. The molecule has 3 nitrogen and oxygen atoms in total. The first-order chi connectivity index (χ1) is 12.0. The standard InChI is InChI=1S/C18H18Cl3N3S/c19-13-5-3-4-12(8-13)18(6-1-2-7-18)11-23-17(25)24-16-15(21)9-14(20)10-22-16/h3-5,8-10H,1-2,6-7,11H2,(H2,22,23,24,25). The lowest BCUT2D eigenvalue weighted by Gasteiger charge is -2.30. The molecule has 0 saturated heterocycles. The zero-order valence-corrected chi connectivity index (χ0v) is 16.6. The highest BCUT2D eigenvalue weighted by molar-refractivity contribution is 7.80. The van der Waals surface area contributed by atoms with Crippen LogP contribution in [-0.2, 0) is 5.41 Å². The van der Waals surface area contributed by atoms with Gasteiger partial charge in [0.25, 0.3) is 0 Å². The number of rotatable bonds is 4. The van der Waals surface area contributed by atoms with E-state index in [1.54, 1.807) is 6.07 Å². The molecule has 1 aromatic heterocycles. The van der Waals surface area contributed by atoms with Gasteiger partial charge < -0.3 is 10.6 Å². The fraction of sp³-hybridized carbons (Fsp3) is 0.333. The number of anilines is 1. The normalized spacial score (nSPS) is 15.8. The van der Waals surface area contributed by atoms with Crippen LogP contribution in [0.1, 0.15) is 31.2 Å².